The van der Waals surface area contributed by atoms with Crippen molar-refractivity contribution in [3.05, 3.63) is 105 Å². The maximum absolute atomic E-state index is 13.4. The van der Waals surface area contributed by atoms with Crippen LogP contribution in [-0.4, -0.2) is 30.2 Å². The molecule has 0 heterocycles. The van der Waals surface area contributed by atoms with Gasteiger partial charge in [0.25, 0.3) is 5.69 Å². The molecular formula is C23H18ClNO6S. The van der Waals surface area contributed by atoms with Gasteiger partial charge in [0.2, 0.25) is 0 Å². The Bertz CT molecular complexity index is 1280. The van der Waals surface area contributed by atoms with E-state index in [4.69, 9.17) is 11.6 Å². The van der Waals surface area contributed by atoms with Crippen molar-refractivity contribution >= 4 is 38.7 Å². The number of hydrogen-bond acceptors (Lipinski definition) is 6. The lowest BCUT2D eigenvalue weighted by Crippen LogP contribution is -2.33. The lowest BCUT2D eigenvalue weighted by atomic mass is 10.0. The summed E-state index contributed by atoms with van der Waals surface area (Å²) in [6.07, 6.45) is -0.626. The number of nitrogens with zero attached hydrogens (tertiary/aromatic N) is 1. The molecule has 1 atom stereocenters. The van der Waals surface area contributed by atoms with Crippen LogP contribution in [0.3, 0.4) is 0 Å². The van der Waals surface area contributed by atoms with Crippen LogP contribution in [0.4, 0.5) is 5.69 Å². The fourth-order valence-electron chi connectivity index (χ4n) is 3.12. The molecule has 3 aromatic carbocycles. The van der Waals surface area contributed by atoms with Gasteiger partial charge < -0.3 is 0 Å². The molecule has 7 nitrogen and oxygen atoms in total. The van der Waals surface area contributed by atoms with Gasteiger partial charge in [-0.15, -0.1) is 0 Å². The second-order valence-electron chi connectivity index (χ2n) is 7.15. The molecule has 0 unspecified atom stereocenters. The summed E-state index contributed by atoms with van der Waals surface area (Å²) >= 11 is 5.84. The number of rotatable bonds is 8. The van der Waals surface area contributed by atoms with Gasteiger partial charge >= 0.3 is 0 Å². The van der Waals surface area contributed by atoms with Gasteiger partial charge in [-0.3, -0.25) is 19.7 Å². The summed E-state index contributed by atoms with van der Waals surface area (Å²) in [5, 5.41) is 9.74. The number of halogens is 1. The van der Waals surface area contributed by atoms with Crippen molar-refractivity contribution < 1.29 is 22.9 Å². The Morgan fingerprint density at radius 1 is 0.969 bits per heavy atom. The molecule has 0 radical (unpaired) electrons. The first-order valence-corrected chi connectivity index (χ1v) is 11.4. The van der Waals surface area contributed by atoms with Crippen LogP contribution in [-0.2, 0) is 9.84 Å². The van der Waals surface area contributed by atoms with Crippen LogP contribution in [0, 0.1) is 17.0 Å². The van der Waals surface area contributed by atoms with E-state index in [2.05, 4.69) is 0 Å². The summed E-state index contributed by atoms with van der Waals surface area (Å²) in [7, 11) is -4.28. The van der Waals surface area contributed by atoms with Crippen molar-refractivity contribution in [2.24, 2.45) is 0 Å². The molecule has 9 heteroatoms. The minimum atomic E-state index is -4.28. The molecule has 0 aliphatic rings. The van der Waals surface area contributed by atoms with E-state index in [0.717, 1.165) is 11.6 Å². The topological polar surface area (TPSA) is 111 Å². The molecule has 164 valence electrons. The highest BCUT2D eigenvalue weighted by atomic mass is 35.5. The third-order valence-electron chi connectivity index (χ3n) is 4.89. The smallest absolute Gasteiger partial charge is 0.270 e. The molecule has 3 aromatic rings. The van der Waals surface area contributed by atoms with E-state index in [-0.39, 0.29) is 21.7 Å². The Hall–Kier alpha value is -3.36. The Labute approximate surface area is 189 Å². The van der Waals surface area contributed by atoms with Gasteiger partial charge in [0.1, 0.15) is 5.25 Å². The number of sulfone groups is 1. The van der Waals surface area contributed by atoms with Crippen molar-refractivity contribution in [3.63, 3.8) is 0 Å². The van der Waals surface area contributed by atoms with Crippen molar-refractivity contribution in [2.75, 3.05) is 0 Å². The average molecular weight is 472 g/mol. The van der Waals surface area contributed by atoms with Crippen LogP contribution in [0.2, 0.25) is 5.02 Å². The first kappa shape index (κ1) is 23.3. The Morgan fingerprint density at radius 3 is 2.19 bits per heavy atom. The summed E-state index contributed by atoms with van der Waals surface area (Å²) in [5.41, 5.74) is 0.503. The number of carbonyl (C=O) groups excluding carboxylic acids is 2. The van der Waals surface area contributed by atoms with Gasteiger partial charge in [-0.25, -0.2) is 8.42 Å². The minimum Gasteiger partial charge on any atom is -0.294 e. The third kappa shape index (κ3) is 5.09. The number of ketones is 2. The van der Waals surface area contributed by atoms with Crippen LogP contribution in [0.5, 0.6) is 0 Å². The van der Waals surface area contributed by atoms with Crippen LogP contribution < -0.4 is 0 Å². The van der Waals surface area contributed by atoms with Crippen LogP contribution >= 0.6 is 11.6 Å². The van der Waals surface area contributed by atoms with E-state index in [1.54, 1.807) is 19.1 Å². The van der Waals surface area contributed by atoms with Gasteiger partial charge in [-0.05, 0) is 43.3 Å². The van der Waals surface area contributed by atoms with Crippen LogP contribution in [0.1, 0.15) is 32.7 Å². The standard InChI is InChI=1S/C23H18ClNO6S/c1-15-5-11-20(12-6-15)32(30,31)22(14-21(26)16-7-9-18(24)10-8-16)23(27)17-3-2-4-19(13-17)25(28)29/h2-13,22H,14H2,1H3/t22-/m1/s1. The van der Waals surface area contributed by atoms with Crippen molar-refractivity contribution in [1.82, 2.24) is 0 Å². The molecule has 0 fully saturated rings. The highest BCUT2D eigenvalue weighted by molar-refractivity contribution is 7.92. The van der Waals surface area contributed by atoms with Gasteiger partial charge in [0.15, 0.2) is 21.4 Å². The zero-order valence-corrected chi connectivity index (χ0v) is 18.5. The quantitative estimate of drug-likeness (QED) is 0.263. The first-order chi connectivity index (χ1) is 15.1. The first-order valence-electron chi connectivity index (χ1n) is 9.47. The van der Waals surface area contributed by atoms with E-state index in [0.29, 0.717) is 5.02 Å². The monoisotopic (exact) mass is 471 g/mol. The van der Waals surface area contributed by atoms with E-state index in [9.17, 15) is 28.1 Å². The van der Waals surface area contributed by atoms with E-state index in [1.165, 1.54) is 54.6 Å². The predicted octanol–water partition coefficient (Wildman–Crippen LogP) is 4.85. The fraction of sp³-hybridized carbons (Fsp3) is 0.130. The second kappa shape index (κ2) is 9.42. The number of Topliss-reactive ketones (excluding diaryl/α,β-unsaturated/α-hetero) is 2. The fourth-order valence-corrected chi connectivity index (χ4v) is 4.87. The third-order valence-corrected chi connectivity index (χ3v) is 7.21. The number of benzene rings is 3. The summed E-state index contributed by atoms with van der Waals surface area (Å²) in [4.78, 5) is 36.4. The largest absolute Gasteiger partial charge is 0.294 e. The maximum atomic E-state index is 13.4. The number of nitro groups is 1. The number of non-ortho nitro benzene ring substituents is 1. The predicted molar refractivity (Wildman–Crippen MR) is 120 cm³/mol. The highest BCUT2D eigenvalue weighted by Crippen LogP contribution is 2.26. The molecule has 0 aromatic heterocycles. The van der Waals surface area contributed by atoms with Gasteiger partial charge in [-0.1, -0.05) is 41.4 Å². The molecule has 0 aliphatic carbocycles. The summed E-state index contributed by atoms with van der Waals surface area (Å²) < 4.78 is 26.7. The SMILES string of the molecule is Cc1ccc(S(=O)(=O)[C@H](CC(=O)c2ccc(Cl)cc2)C(=O)c2cccc([N+](=O)[O-])c2)cc1. The van der Waals surface area contributed by atoms with Crippen molar-refractivity contribution in [1.29, 1.82) is 0 Å². The zero-order chi connectivity index (χ0) is 23.5. The van der Waals surface area contributed by atoms with Gasteiger partial charge in [0.05, 0.1) is 9.82 Å². The molecule has 3 rings (SSSR count). The van der Waals surface area contributed by atoms with Crippen LogP contribution in [0.15, 0.2) is 77.7 Å². The summed E-state index contributed by atoms with van der Waals surface area (Å²) in [6.45, 7) is 1.78. The average Bonchev–Trinajstić information content (AvgIpc) is 2.77. The Kier molecular flexibility index (Phi) is 6.86. The molecule has 0 amide bonds. The Morgan fingerprint density at radius 2 is 1.59 bits per heavy atom. The van der Waals surface area contributed by atoms with E-state index in [1.807, 2.05) is 0 Å². The van der Waals surface area contributed by atoms with Gasteiger partial charge in [-0.2, -0.15) is 0 Å². The molecule has 32 heavy (non-hydrogen) atoms. The lowest BCUT2D eigenvalue weighted by Gasteiger charge is -2.17. The van der Waals surface area contributed by atoms with E-state index < -0.39 is 38.0 Å². The van der Waals surface area contributed by atoms with E-state index >= 15 is 0 Å². The molecule has 0 saturated carbocycles. The highest BCUT2D eigenvalue weighted by Gasteiger charge is 2.37. The molecular weight excluding hydrogens is 454 g/mol. The number of hydrogen-bond donors (Lipinski definition) is 0. The Balaban J connectivity index is 2.06. The maximum Gasteiger partial charge on any atom is 0.270 e. The summed E-state index contributed by atoms with van der Waals surface area (Å²) in [5.74, 6) is -1.46. The normalized spacial score (nSPS) is 12.2. The zero-order valence-electron chi connectivity index (χ0n) is 16.9. The minimum absolute atomic E-state index is 0.115. The summed E-state index contributed by atoms with van der Waals surface area (Å²) in [6, 6.07) is 16.5. The molecule has 0 spiro atoms. The van der Waals surface area contributed by atoms with Crippen molar-refractivity contribution in [2.45, 2.75) is 23.5 Å². The van der Waals surface area contributed by atoms with Crippen LogP contribution in [0.25, 0.3) is 0 Å². The molecule has 0 aliphatic heterocycles. The number of carbonyl (C=O) groups is 2. The lowest BCUT2D eigenvalue weighted by molar-refractivity contribution is -0.384. The molecule has 0 N–H and O–H groups in total. The molecule has 0 saturated heterocycles. The second-order valence-corrected chi connectivity index (χ2v) is 9.72. The number of nitro benzene ring substituents is 1. The number of aryl methyl sites for hydroxylation is 1. The van der Waals surface area contributed by atoms with Gasteiger partial charge in [0, 0.05) is 34.7 Å². The molecule has 0 bridgehead atoms. The van der Waals surface area contributed by atoms with Crippen molar-refractivity contribution in [3.8, 4) is 0 Å².